The Kier molecular flexibility index (Phi) is 5.41. The van der Waals surface area contributed by atoms with Crippen LogP contribution in [-0.4, -0.2) is 36.3 Å². The van der Waals surface area contributed by atoms with Crippen molar-refractivity contribution < 1.29 is 14.0 Å². The van der Waals surface area contributed by atoms with Crippen LogP contribution in [0, 0.1) is 5.82 Å². The fraction of sp³-hybridized carbons (Fsp3) is 0.647. The first kappa shape index (κ1) is 15.3. The molecule has 0 aliphatic carbocycles. The molecule has 1 heterocycles. The number of piperidine rings is 1. The van der Waals surface area contributed by atoms with Crippen molar-refractivity contribution in [1.82, 2.24) is 0 Å². The number of phenols is 1. The highest BCUT2D eigenvalue weighted by molar-refractivity contribution is 5.28. The Balaban J connectivity index is 1.65. The minimum atomic E-state index is -0.531. The van der Waals surface area contributed by atoms with Crippen molar-refractivity contribution in [3.8, 4) is 5.75 Å². The zero-order chi connectivity index (χ0) is 14.4. The molecule has 0 atom stereocenters. The molecule has 1 saturated heterocycles. The van der Waals surface area contributed by atoms with Gasteiger partial charge < -0.3 is 9.59 Å². The molecule has 1 fully saturated rings. The van der Waals surface area contributed by atoms with Crippen LogP contribution < -0.4 is 0 Å². The summed E-state index contributed by atoms with van der Waals surface area (Å²) in [6, 6.07) is 4.67. The van der Waals surface area contributed by atoms with E-state index in [1.165, 1.54) is 62.3 Å². The van der Waals surface area contributed by atoms with Gasteiger partial charge in [0, 0.05) is 0 Å². The van der Waals surface area contributed by atoms with Crippen molar-refractivity contribution in [3.05, 3.63) is 29.6 Å². The summed E-state index contributed by atoms with van der Waals surface area (Å²) in [7, 11) is 2.39. The molecule has 1 aromatic rings. The Hall–Kier alpha value is -1.09. The lowest BCUT2D eigenvalue weighted by molar-refractivity contribution is -0.914. The lowest BCUT2D eigenvalue weighted by atomic mass is 10.0. The van der Waals surface area contributed by atoms with Crippen molar-refractivity contribution in [2.24, 2.45) is 0 Å². The third-order valence-electron chi connectivity index (χ3n) is 4.57. The maximum Gasteiger partial charge on any atom is 0.164 e. The molecule has 20 heavy (non-hydrogen) atoms. The van der Waals surface area contributed by atoms with E-state index in [2.05, 4.69) is 7.05 Å². The minimum absolute atomic E-state index is 0.228. The highest BCUT2D eigenvalue weighted by Crippen LogP contribution is 2.20. The van der Waals surface area contributed by atoms with Gasteiger partial charge in [-0.1, -0.05) is 6.07 Å². The van der Waals surface area contributed by atoms with E-state index in [1.807, 2.05) is 0 Å². The molecule has 1 aromatic carbocycles. The number of halogens is 1. The van der Waals surface area contributed by atoms with E-state index in [-0.39, 0.29) is 5.75 Å². The van der Waals surface area contributed by atoms with Crippen LogP contribution in [-0.2, 0) is 6.42 Å². The summed E-state index contributed by atoms with van der Waals surface area (Å²) in [6.45, 7) is 3.96. The number of aryl methyl sites for hydroxylation is 1. The van der Waals surface area contributed by atoms with Gasteiger partial charge in [0.1, 0.15) is 0 Å². The summed E-state index contributed by atoms with van der Waals surface area (Å²) < 4.78 is 14.2. The zero-order valence-corrected chi connectivity index (χ0v) is 12.6. The molecule has 2 nitrogen and oxygen atoms in total. The van der Waals surface area contributed by atoms with Crippen LogP contribution in [0.5, 0.6) is 5.75 Å². The molecule has 1 N–H and O–H groups in total. The highest BCUT2D eigenvalue weighted by atomic mass is 19.1. The van der Waals surface area contributed by atoms with E-state index in [4.69, 9.17) is 0 Å². The number of aromatic hydroxyl groups is 1. The first-order valence-corrected chi connectivity index (χ1v) is 7.90. The monoisotopic (exact) mass is 280 g/mol. The molecule has 0 bridgehead atoms. The number of hydrogen-bond donors (Lipinski definition) is 1. The fourth-order valence-electron chi connectivity index (χ4n) is 3.21. The molecule has 1 aliphatic rings. The number of phenolic OH excluding ortho intramolecular Hbond substituents is 1. The molecule has 0 amide bonds. The van der Waals surface area contributed by atoms with Crippen LogP contribution in [0.2, 0.25) is 0 Å². The molecular formula is C17H27FNO+. The molecular weight excluding hydrogens is 253 g/mol. The van der Waals surface area contributed by atoms with Crippen molar-refractivity contribution in [2.45, 2.75) is 44.9 Å². The van der Waals surface area contributed by atoms with Gasteiger partial charge in [-0.3, -0.25) is 0 Å². The number of nitrogens with zero attached hydrogens (tertiary/aromatic N) is 1. The van der Waals surface area contributed by atoms with Crippen LogP contribution in [0.1, 0.15) is 44.1 Å². The van der Waals surface area contributed by atoms with E-state index in [0.29, 0.717) is 0 Å². The number of benzene rings is 1. The summed E-state index contributed by atoms with van der Waals surface area (Å²) in [5, 5.41) is 9.33. The van der Waals surface area contributed by atoms with Gasteiger partial charge in [-0.15, -0.1) is 0 Å². The SMILES string of the molecule is C[N+]1(CCCCCc2ccc(F)c(O)c2)CCCCC1. The van der Waals surface area contributed by atoms with Crippen molar-refractivity contribution in [1.29, 1.82) is 0 Å². The standard InChI is InChI=1S/C17H26FNO/c1-19(12-6-3-7-13-19)11-5-2-4-8-15-9-10-16(18)17(20)14-15/h9-10,14H,2-8,11-13H2,1H3/p+1. The molecule has 3 heteroatoms. The molecule has 0 unspecified atom stereocenters. The van der Waals surface area contributed by atoms with E-state index in [0.717, 1.165) is 18.4 Å². The normalized spacial score (nSPS) is 18.1. The van der Waals surface area contributed by atoms with Crippen LogP contribution in [0.3, 0.4) is 0 Å². The predicted octanol–water partition coefficient (Wildman–Crippen LogP) is 3.87. The third-order valence-corrected chi connectivity index (χ3v) is 4.57. The van der Waals surface area contributed by atoms with E-state index < -0.39 is 5.82 Å². The largest absolute Gasteiger partial charge is 0.505 e. The molecule has 0 saturated carbocycles. The molecule has 0 radical (unpaired) electrons. The van der Waals surface area contributed by atoms with Gasteiger partial charge in [0.2, 0.25) is 0 Å². The average molecular weight is 280 g/mol. The van der Waals surface area contributed by atoms with Crippen LogP contribution in [0.15, 0.2) is 18.2 Å². The molecule has 0 spiro atoms. The van der Waals surface area contributed by atoms with Crippen LogP contribution >= 0.6 is 0 Å². The maximum atomic E-state index is 12.9. The van der Waals surface area contributed by atoms with Crippen molar-refractivity contribution in [2.75, 3.05) is 26.7 Å². The number of hydrogen-bond acceptors (Lipinski definition) is 1. The van der Waals surface area contributed by atoms with Crippen LogP contribution in [0.4, 0.5) is 4.39 Å². The van der Waals surface area contributed by atoms with Gasteiger partial charge >= 0.3 is 0 Å². The van der Waals surface area contributed by atoms with Gasteiger partial charge in [0.05, 0.1) is 26.7 Å². The van der Waals surface area contributed by atoms with Crippen molar-refractivity contribution >= 4 is 0 Å². The lowest BCUT2D eigenvalue weighted by Gasteiger charge is -2.37. The second-order valence-corrected chi connectivity index (χ2v) is 6.45. The first-order chi connectivity index (χ1) is 9.59. The van der Waals surface area contributed by atoms with E-state index >= 15 is 0 Å². The second kappa shape index (κ2) is 7.07. The summed E-state index contributed by atoms with van der Waals surface area (Å²) in [6.07, 6.45) is 8.69. The number of unbranched alkanes of at least 4 members (excludes halogenated alkanes) is 2. The topological polar surface area (TPSA) is 20.2 Å². The summed E-state index contributed by atoms with van der Waals surface area (Å²) in [5.41, 5.74) is 1.03. The Labute approximate surface area is 121 Å². The van der Waals surface area contributed by atoms with Gasteiger partial charge in [-0.25, -0.2) is 4.39 Å². The minimum Gasteiger partial charge on any atom is -0.505 e. The van der Waals surface area contributed by atoms with Gasteiger partial charge in [0.15, 0.2) is 11.6 Å². The molecule has 0 aromatic heterocycles. The predicted molar refractivity (Wildman–Crippen MR) is 80.3 cm³/mol. The quantitative estimate of drug-likeness (QED) is 0.619. The smallest absolute Gasteiger partial charge is 0.164 e. The highest BCUT2D eigenvalue weighted by Gasteiger charge is 2.23. The van der Waals surface area contributed by atoms with E-state index in [9.17, 15) is 9.50 Å². The Morgan fingerprint density at radius 2 is 1.85 bits per heavy atom. The third kappa shape index (κ3) is 4.48. The average Bonchev–Trinajstić information content (AvgIpc) is 2.43. The number of rotatable bonds is 6. The summed E-state index contributed by atoms with van der Waals surface area (Å²) >= 11 is 0. The lowest BCUT2D eigenvalue weighted by Crippen LogP contribution is -2.48. The zero-order valence-electron chi connectivity index (χ0n) is 12.6. The second-order valence-electron chi connectivity index (χ2n) is 6.45. The number of quaternary nitrogens is 1. The number of likely N-dealkylation sites (tertiary alicyclic amines) is 1. The summed E-state index contributed by atoms with van der Waals surface area (Å²) in [5.74, 6) is -0.759. The Morgan fingerprint density at radius 1 is 1.10 bits per heavy atom. The Morgan fingerprint density at radius 3 is 2.55 bits per heavy atom. The van der Waals surface area contributed by atoms with Gasteiger partial charge in [0.25, 0.3) is 0 Å². The molecule has 112 valence electrons. The van der Waals surface area contributed by atoms with Gasteiger partial charge in [-0.05, 0) is 62.6 Å². The Bertz CT molecular complexity index is 427. The van der Waals surface area contributed by atoms with Crippen molar-refractivity contribution in [3.63, 3.8) is 0 Å². The molecule has 1 aliphatic heterocycles. The fourth-order valence-corrected chi connectivity index (χ4v) is 3.21. The van der Waals surface area contributed by atoms with E-state index in [1.54, 1.807) is 12.1 Å². The van der Waals surface area contributed by atoms with Gasteiger partial charge in [-0.2, -0.15) is 0 Å². The van der Waals surface area contributed by atoms with Crippen LogP contribution in [0.25, 0.3) is 0 Å². The first-order valence-electron chi connectivity index (χ1n) is 7.90. The maximum absolute atomic E-state index is 12.9. The molecule has 2 rings (SSSR count). The summed E-state index contributed by atoms with van der Waals surface area (Å²) in [4.78, 5) is 0.